The van der Waals surface area contributed by atoms with Crippen LogP contribution >= 0.6 is 15.9 Å². The van der Waals surface area contributed by atoms with Crippen molar-refractivity contribution in [3.8, 4) is 0 Å². The zero-order chi connectivity index (χ0) is 14.5. The Hall–Kier alpha value is -0.300. The molecule has 0 bridgehead atoms. The van der Waals surface area contributed by atoms with Crippen molar-refractivity contribution in [3.63, 3.8) is 0 Å². The van der Waals surface area contributed by atoms with Crippen LogP contribution in [0.4, 0.5) is 0 Å². The van der Waals surface area contributed by atoms with Gasteiger partial charge in [0.2, 0.25) is 0 Å². The molecule has 0 unspecified atom stereocenters. The molecular formula is C19H31Br. The molecular weight excluding hydrogens is 308 g/mol. The van der Waals surface area contributed by atoms with Crippen LogP contribution in [0.1, 0.15) is 75.8 Å². The fourth-order valence-corrected chi connectivity index (χ4v) is 2.96. The third-order valence-electron chi connectivity index (χ3n) is 3.94. The molecule has 1 aromatic rings. The van der Waals surface area contributed by atoms with Crippen LogP contribution in [0.15, 0.2) is 24.3 Å². The number of rotatable bonds is 12. The van der Waals surface area contributed by atoms with Gasteiger partial charge in [0.25, 0.3) is 0 Å². The van der Waals surface area contributed by atoms with Crippen LogP contribution < -0.4 is 0 Å². The zero-order valence-electron chi connectivity index (χ0n) is 13.2. The first-order chi connectivity index (χ1) is 9.86. The fourth-order valence-electron chi connectivity index (χ4n) is 2.56. The van der Waals surface area contributed by atoms with E-state index in [1.807, 2.05) is 0 Å². The molecule has 0 atom stereocenters. The molecule has 0 radical (unpaired) electrons. The van der Waals surface area contributed by atoms with E-state index in [-0.39, 0.29) is 0 Å². The Labute approximate surface area is 134 Å². The van der Waals surface area contributed by atoms with Crippen molar-refractivity contribution in [2.45, 2.75) is 77.6 Å². The molecule has 0 aliphatic heterocycles. The van der Waals surface area contributed by atoms with Gasteiger partial charge in [-0.1, -0.05) is 85.6 Å². The van der Waals surface area contributed by atoms with Crippen LogP contribution in [0.3, 0.4) is 0 Å². The second-order valence-electron chi connectivity index (χ2n) is 5.83. The lowest BCUT2D eigenvalue weighted by molar-refractivity contribution is 0.591. The van der Waals surface area contributed by atoms with Crippen molar-refractivity contribution < 1.29 is 0 Å². The number of aryl methyl sites for hydroxylation is 2. The molecule has 0 heterocycles. The second kappa shape index (κ2) is 12.4. The molecule has 20 heavy (non-hydrogen) atoms. The summed E-state index contributed by atoms with van der Waals surface area (Å²) in [6.07, 6.45) is 14.8. The monoisotopic (exact) mass is 338 g/mol. The van der Waals surface area contributed by atoms with Gasteiger partial charge in [0, 0.05) is 5.33 Å². The van der Waals surface area contributed by atoms with E-state index in [9.17, 15) is 0 Å². The minimum Gasteiger partial charge on any atom is -0.0928 e. The van der Waals surface area contributed by atoms with Gasteiger partial charge in [0.05, 0.1) is 0 Å². The van der Waals surface area contributed by atoms with Gasteiger partial charge < -0.3 is 0 Å². The molecule has 0 aliphatic rings. The van der Waals surface area contributed by atoms with Crippen molar-refractivity contribution in [3.05, 3.63) is 35.4 Å². The number of unbranched alkanes of at least 4 members (excludes halogenated alkanes) is 7. The second-order valence-corrected chi connectivity index (χ2v) is 6.63. The van der Waals surface area contributed by atoms with Crippen LogP contribution in [0.5, 0.6) is 0 Å². The quantitative estimate of drug-likeness (QED) is 0.294. The number of halogens is 1. The molecule has 0 N–H and O–H groups in total. The van der Waals surface area contributed by atoms with Gasteiger partial charge in [-0.05, 0) is 43.2 Å². The maximum absolute atomic E-state index is 3.49. The Morgan fingerprint density at radius 3 is 1.60 bits per heavy atom. The lowest BCUT2D eigenvalue weighted by Gasteiger charge is -2.04. The molecule has 0 aromatic heterocycles. The fraction of sp³-hybridized carbons (Fsp3) is 0.684. The smallest absolute Gasteiger partial charge is 0.00313 e. The Kier molecular flexibility index (Phi) is 11.0. The van der Waals surface area contributed by atoms with Crippen molar-refractivity contribution in [1.29, 1.82) is 0 Å². The van der Waals surface area contributed by atoms with Crippen LogP contribution in [0.25, 0.3) is 0 Å². The minimum atomic E-state index is 1.17. The summed E-state index contributed by atoms with van der Waals surface area (Å²) in [5.74, 6) is 0. The molecule has 0 aliphatic carbocycles. The SMILES string of the molecule is CCCCc1ccc(CCCCCCCCCBr)cc1. The number of hydrogen-bond donors (Lipinski definition) is 0. The highest BCUT2D eigenvalue weighted by molar-refractivity contribution is 9.09. The largest absolute Gasteiger partial charge is 0.0928 e. The van der Waals surface area contributed by atoms with E-state index < -0.39 is 0 Å². The Balaban J connectivity index is 2.04. The normalized spacial score (nSPS) is 10.9. The number of hydrogen-bond acceptors (Lipinski definition) is 0. The molecule has 114 valence electrons. The average molecular weight is 339 g/mol. The lowest BCUT2D eigenvalue weighted by Crippen LogP contribution is -1.89. The van der Waals surface area contributed by atoms with Crippen LogP contribution in [-0.4, -0.2) is 5.33 Å². The molecule has 0 fully saturated rings. The molecule has 1 aromatic carbocycles. The summed E-state index contributed by atoms with van der Waals surface area (Å²) >= 11 is 3.49. The van der Waals surface area contributed by atoms with Crippen LogP contribution in [0, 0.1) is 0 Å². The van der Waals surface area contributed by atoms with E-state index in [2.05, 4.69) is 47.1 Å². The van der Waals surface area contributed by atoms with Gasteiger partial charge in [0.1, 0.15) is 0 Å². The minimum absolute atomic E-state index is 1.17. The van der Waals surface area contributed by atoms with Crippen molar-refractivity contribution >= 4 is 15.9 Å². The van der Waals surface area contributed by atoms with E-state index in [1.54, 1.807) is 0 Å². The van der Waals surface area contributed by atoms with Crippen molar-refractivity contribution in [2.75, 3.05) is 5.33 Å². The summed E-state index contributed by atoms with van der Waals surface area (Å²) in [7, 11) is 0. The molecule has 0 nitrogen and oxygen atoms in total. The summed E-state index contributed by atoms with van der Waals surface area (Å²) in [5, 5.41) is 1.17. The highest BCUT2D eigenvalue weighted by atomic mass is 79.9. The molecule has 0 amide bonds. The van der Waals surface area contributed by atoms with Gasteiger partial charge >= 0.3 is 0 Å². The Bertz CT molecular complexity index is 315. The Morgan fingerprint density at radius 1 is 0.650 bits per heavy atom. The van der Waals surface area contributed by atoms with Gasteiger partial charge in [-0.15, -0.1) is 0 Å². The highest BCUT2D eigenvalue weighted by Crippen LogP contribution is 2.13. The summed E-state index contributed by atoms with van der Waals surface area (Å²) in [6, 6.07) is 9.32. The first-order valence-corrected chi connectivity index (χ1v) is 9.62. The maximum Gasteiger partial charge on any atom is 0.00313 e. The maximum atomic E-state index is 3.49. The lowest BCUT2D eigenvalue weighted by atomic mass is 10.0. The summed E-state index contributed by atoms with van der Waals surface area (Å²) < 4.78 is 0. The van der Waals surface area contributed by atoms with Crippen molar-refractivity contribution in [2.24, 2.45) is 0 Å². The summed E-state index contributed by atoms with van der Waals surface area (Å²) in [6.45, 7) is 2.26. The third-order valence-corrected chi connectivity index (χ3v) is 4.50. The van der Waals surface area contributed by atoms with E-state index in [1.165, 1.54) is 87.1 Å². The van der Waals surface area contributed by atoms with Gasteiger partial charge in [-0.25, -0.2) is 0 Å². The van der Waals surface area contributed by atoms with E-state index >= 15 is 0 Å². The zero-order valence-corrected chi connectivity index (χ0v) is 14.8. The predicted molar refractivity (Wildman–Crippen MR) is 94.9 cm³/mol. The highest BCUT2D eigenvalue weighted by Gasteiger charge is 1.96. The van der Waals surface area contributed by atoms with Crippen LogP contribution in [-0.2, 0) is 12.8 Å². The standard InChI is InChI=1S/C19H31Br/c1-2-3-11-18-13-15-19(16-14-18)12-9-7-5-4-6-8-10-17-20/h13-16H,2-12,17H2,1H3. The van der Waals surface area contributed by atoms with E-state index in [0.29, 0.717) is 0 Å². The third kappa shape index (κ3) is 8.79. The van der Waals surface area contributed by atoms with E-state index in [0.717, 1.165) is 0 Å². The number of benzene rings is 1. The van der Waals surface area contributed by atoms with E-state index in [4.69, 9.17) is 0 Å². The first-order valence-electron chi connectivity index (χ1n) is 8.50. The van der Waals surface area contributed by atoms with Gasteiger partial charge in [-0.2, -0.15) is 0 Å². The van der Waals surface area contributed by atoms with Crippen LogP contribution in [0.2, 0.25) is 0 Å². The molecule has 1 heteroatoms. The average Bonchev–Trinajstić information content (AvgIpc) is 2.49. The Morgan fingerprint density at radius 2 is 1.10 bits per heavy atom. The van der Waals surface area contributed by atoms with Crippen molar-refractivity contribution in [1.82, 2.24) is 0 Å². The molecule has 0 saturated heterocycles. The summed E-state index contributed by atoms with van der Waals surface area (Å²) in [5.41, 5.74) is 3.02. The number of alkyl halides is 1. The summed E-state index contributed by atoms with van der Waals surface area (Å²) in [4.78, 5) is 0. The molecule has 1 rings (SSSR count). The van der Waals surface area contributed by atoms with Gasteiger partial charge in [-0.3, -0.25) is 0 Å². The predicted octanol–water partition coefficient (Wildman–Crippen LogP) is 6.70. The van der Waals surface area contributed by atoms with Gasteiger partial charge in [0.15, 0.2) is 0 Å². The molecule has 0 spiro atoms. The molecule has 0 saturated carbocycles. The topological polar surface area (TPSA) is 0 Å². The first kappa shape index (κ1) is 17.8.